The molecule has 6 heteroatoms. The van der Waals surface area contributed by atoms with E-state index in [9.17, 15) is 4.79 Å². The van der Waals surface area contributed by atoms with E-state index >= 15 is 0 Å². The van der Waals surface area contributed by atoms with Gasteiger partial charge in [-0.1, -0.05) is 0 Å². The molecular formula is C21H23NO5. The van der Waals surface area contributed by atoms with Crippen molar-refractivity contribution in [2.75, 3.05) is 21.3 Å². The van der Waals surface area contributed by atoms with Crippen LogP contribution in [0.5, 0.6) is 23.0 Å². The highest BCUT2D eigenvalue weighted by Crippen LogP contribution is 2.39. The van der Waals surface area contributed by atoms with E-state index in [0.717, 1.165) is 16.7 Å². The van der Waals surface area contributed by atoms with Crippen LogP contribution in [0.4, 0.5) is 0 Å². The number of hydrogen-bond donors (Lipinski definition) is 1. The lowest BCUT2D eigenvalue weighted by Crippen LogP contribution is -2.05. The summed E-state index contributed by atoms with van der Waals surface area (Å²) < 4.78 is 21.7. The second-order valence-electron chi connectivity index (χ2n) is 6.32. The van der Waals surface area contributed by atoms with Crippen LogP contribution < -0.4 is 18.9 Å². The topological polar surface area (TPSA) is 69.8 Å². The summed E-state index contributed by atoms with van der Waals surface area (Å²) in [6.07, 6.45) is 1.78. The van der Waals surface area contributed by atoms with E-state index in [0.29, 0.717) is 28.4 Å². The van der Waals surface area contributed by atoms with Crippen LogP contribution in [0.3, 0.4) is 0 Å². The molecule has 0 radical (unpaired) electrons. The molecule has 142 valence electrons. The number of benzene rings is 2. The van der Waals surface area contributed by atoms with Gasteiger partial charge in [-0.3, -0.25) is 4.79 Å². The van der Waals surface area contributed by atoms with Crippen LogP contribution in [0, 0.1) is 0 Å². The molecule has 0 fully saturated rings. The molecule has 2 aromatic carbocycles. The van der Waals surface area contributed by atoms with Crippen LogP contribution >= 0.6 is 0 Å². The quantitative estimate of drug-likeness (QED) is 0.632. The Kier molecular flexibility index (Phi) is 5.26. The van der Waals surface area contributed by atoms with Crippen molar-refractivity contribution >= 4 is 16.7 Å². The molecule has 1 N–H and O–H groups in total. The van der Waals surface area contributed by atoms with Crippen molar-refractivity contribution < 1.29 is 23.7 Å². The second kappa shape index (κ2) is 7.61. The number of hydrogen-bond acceptors (Lipinski definition) is 5. The molecule has 0 bridgehead atoms. The van der Waals surface area contributed by atoms with Crippen molar-refractivity contribution in [1.29, 1.82) is 0 Å². The van der Waals surface area contributed by atoms with Gasteiger partial charge in [0.25, 0.3) is 0 Å². The SMILES string of the molecule is COc1cc(C(=O)c2c[nH]c3cc(OC(C)C)ccc23)cc(OC)c1OC. The van der Waals surface area contributed by atoms with E-state index in [1.54, 1.807) is 18.3 Å². The van der Waals surface area contributed by atoms with E-state index in [1.165, 1.54) is 21.3 Å². The molecule has 27 heavy (non-hydrogen) atoms. The van der Waals surface area contributed by atoms with Gasteiger partial charge >= 0.3 is 0 Å². The first-order valence-electron chi connectivity index (χ1n) is 8.61. The lowest BCUT2D eigenvalue weighted by molar-refractivity contribution is 0.103. The lowest BCUT2D eigenvalue weighted by atomic mass is 10.0. The maximum absolute atomic E-state index is 13.1. The molecule has 6 nitrogen and oxygen atoms in total. The van der Waals surface area contributed by atoms with E-state index in [2.05, 4.69) is 4.98 Å². The zero-order valence-corrected chi connectivity index (χ0v) is 16.1. The number of nitrogens with one attached hydrogen (secondary N) is 1. The third-order valence-corrected chi connectivity index (χ3v) is 4.20. The van der Waals surface area contributed by atoms with Gasteiger partial charge in [0, 0.05) is 34.3 Å². The number of methoxy groups -OCH3 is 3. The molecule has 0 saturated heterocycles. The van der Waals surface area contributed by atoms with Crippen LogP contribution in [0.15, 0.2) is 36.5 Å². The largest absolute Gasteiger partial charge is 0.493 e. The summed E-state index contributed by atoms with van der Waals surface area (Å²) in [7, 11) is 4.57. The molecule has 0 aliphatic rings. The molecule has 1 aromatic heterocycles. The fourth-order valence-corrected chi connectivity index (χ4v) is 3.01. The highest BCUT2D eigenvalue weighted by molar-refractivity contribution is 6.16. The summed E-state index contributed by atoms with van der Waals surface area (Å²) in [5, 5.41) is 0.824. The Balaban J connectivity index is 2.03. The zero-order valence-electron chi connectivity index (χ0n) is 16.1. The van der Waals surface area contributed by atoms with Crippen LogP contribution in [0.1, 0.15) is 29.8 Å². The van der Waals surface area contributed by atoms with Gasteiger partial charge in [-0.25, -0.2) is 0 Å². The van der Waals surface area contributed by atoms with Crippen molar-refractivity contribution in [3.63, 3.8) is 0 Å². The van der Waals surface area contributed by atoms with Gasteiger partial charge in [0.05, 0.1) is 27.4 Å². The Morgan fingerprint density at radius 2 is 1.63 bits per heavy atom. The van der Waals surface area contributed by atoms with Crippen LogP contribution in [-0.2, 0) is 0 Å². The fourth-order valence-electron chi connectivity index (χ4n) is 3.01. The van der Waals surface area contributed by atoms with Gasteiger partial charge in [-0.15, -0.1) is 0 Å². The Morgan fingerprint density at radius 1 is 0.963 bits per heavy atom. The molecule has 0 aliphatic heterocycles. The molecule has 0 amide bonds. The minimum absolute atomic E-state index is 0.0812. The number of carbonyl (C=O) groups is 1. The minimum Gasteiger partial charge on any atom is -0.493 e. The van der Waals surface area contributed by atoms with Gasteiger partial charge in [0.1, 0.15) is 5.75 Å². The van der Waals surface area contributed by atoms with Gasteiger partial charge in [0.15, 0.2) is 17.3 Å². The number of ketones is 1. The highest BCUT2D eigenvalue weighted by atomic mass is 16.5. The molecule has 3 rings (SSSR count). The lowest BCUT2D eigenvalue weighted by Gasteiger charge is -2.13. The van der Waals surface area contributed by atoms with Crippen LogP contribution in [0.2, 0.25) is 0 Å². The Morgan fingerprint density at radius 3 is 2.19 bits per heavy atom. The first-order chi connectivity index (χ1) is 13.0. The normalized spacial score (nSPS) is 10.9. The molecule has 0 saturated carbocycles. The van der Waals surface area contributed by atoms with E-state index < -0.39 is 0 Å². The first kappa shape index (κ1) is 18.6. The van der Waals surface area contributed by atoms with Crippen molar-refractivity contribution in [1.82, 2.24) is 4.98 Å². The highest BCUT2D eigenvalue weighted by Gasteiger charge is 2.20. The third kappa shape index (κ3) is 3.56. The average molecular weight is 369 g/mol. The average Bonchev–Trinajstić information content (AvgIpc) is 3.08. The first-order valence-corrected chi connectivity index (χ1v) is 8.61. The minimum atomic E-state index is -0.141. The third-order valence-electron chi connectivity index (χ3n) is 4.20. The summed E-state index contributed by atoms with van der Waals surface area (Å²) in [6.45, 7) is 3.94. The summed E-state index contributed by atoms with van der Waals surface area (Å²) in [6, 6.07) is 8.94. The van der Waals surface area contributed by atoms with Crippen molar-refractivity contribution in [2.24, 2.45) is 0 Å². The van der Waals surface area contributed by atoms with Gasteiger partial charge in [-0.2, -0.15) is 0 Å². The standard InChI is InChI=1S/C21H23NO5/c1-12(2)27-14-6-7-15-16(11-22-17(15)10-14)20(23)13-8-18(24-3)21(26-5)19(9-13)25-4/h6-12,22H,1-5H3. The summed E-state index contributed by atoms with van der Waals surface area (Å²) in [5.41, 5.74) is 1.85. The van der Waals surface area contributed by atoms with Crippen molar-refractivity contribution in [3.8, 4) is 23.0 Å². The van der Waals surface area contributed by atoms with Crippen LogP contribution in [0.25, 0.3) is 10.9 Å². The Hall–Kier alpha value is -3.15. The zero-order chi connectivity index (χ0) is 19.6. The molecule has 0 aliphatic carbocycles. The Labute approximate surface area is 158 Å². The summed E-state index contributed by atoms with van der Waals surface area (Å²) in [4.78, 5) is 16.3. The molecule has 3 aromatic rings. The number of rotatable bonds is 7. The molecule has 0 atom stereocenters. The van der Waals surface area contributed by atoms with E-state index in [1.807, 2.05) is 32.0 Å². The number of aromatic amines is 1. The molecule has 1 heterocycles. The number of carbonyl (C=O) groups excluding carboxylic acids is 1. The van der Waals surface area contributed by atoms with Gasteiger partial charge < -0.3 is 23.9 Å². The second-order valence-corrected chi connectivity index (χ2v) is 6.32. The number of ether oxygens (including phenoxy) is 4. The smallest absolute Gasteiger partial charge is 0.203 e. The maximum Gasteiger partial charge on any atom is 0.203 e. The van der Waals surface area contributed by atoms with Gasteiger partial charge in [0.2, 0.25) is 5.75 Å². The fraction of sp³-hybridized carbons (Fsp3) is 0.286. The van der Waals surface area contributed by atoms with Crippen LogP contribution in [-0.4, -0.2) is 38.2 Å². The van der Waals surface area contributed by atoms with Crippen molar-refractivity contribution in [2.45, 2.75) is 20.0 Å². The molecule has 0 spiro atoms. The van der Waals surface area contributed by atoms with E-state index in [4.69, 9.17) is 18.9 Å². The van der Waals surface area contributed by atoms with Crippen molar-refractivity contribution in [3.05, 3.63) is 47.7 Å². The summed E-state index contributed by atoms with van der Waals surface area (Å²) >= 11 is 0. The molecule has 0 unspecified atom stereocenters. The van der Waals surface area contributed by atoms with E-state index in [-0.39, 0.29) is 11.9 Å². The number of aromatic nitrogens is 1. The van der Waals surface area contributed by atoms with Gasteiger partial charge in [-0.05, 0) is 38.1 Å². The number of H-pyrrole nitrogens is 1. The predicted octanol–water partition coefficient (Wildman–Crippen LogP) is 4.21. The maximum atomic E-state index is 13.1. The summed E-state index contributed by atoms with van der Waals surface area (Å²) in [5.74, 6) is 1.94. The predicted molar refractivity (Wildman–Crippen MR) is 104 cm³/mol. The monoisotopic (exact) mass is 369 g/mol. The Bertz CT molecular complexity index is 949. The molecular weight excluding hydrogens is 346 g/mol. The number of fused-ring (bicyclic) bond motifs is 1.